The lowest BCUT2D eigenvalue weighted by atomic mass is 9.86. The fourth-order valence-corrected chi connectivity index (χ4v) is 7.10. The highest BCUT2D eigenvalue weighted by atomic mass is 35.5. The lowest BCUT2D eigenvalue weighted by Crippen LogP contribution is -3.00. The molecule has 5 aromatic rings. The molecule has 2 aliphatic rings. The van der Waals surface area contributed by atoms with Crippen LogP contribution in [0.3, 0.4) is 0 Å². The van der Waals surface area contributed by atoms with Crippen LogP contribution in [0.1, 0.15) is 24.3 Å². The molecule has 0 bridgehead atoms. The van der Waals surface area contributed by atoms with Crippen LogP contribution in [0.4, 0.5) is 0 Å². The Hall–Kier alpha value is -3.73. The summed E-state index contributed by atoms with van der Waals surface area (Å²) in [6, 6.07) is 15.7. The summed E-state index contributed by atoms with van der Waals surface area (Å²) in [6.07, 6.45) is 3.33. The number of aromatic amines is 1. The number of aromatic nitrogens is 4. The van der Waals surface area contributed by atoms with Crippen LogP contribution in [0, 0.1) is 5.92 Å². The molecule has 7 rings (SSSR count). The van der Waals surface area contributed by atoms with E-state index in [9.17, 15) is 9.59 Å². The molecular formula is C30H29ClN5O4S-. The third-order valence-electron chi connectivity index (χ3n) is 8.08. The normalized spacial score (nSPS) is 18.1. The fourth-order valence-electron chi connectivity index (χ4n) is 6.11. The first kappa shape index (κ1) is 27.4. The van der Waals surface area contributed by atoms with Gasteiger partial charge in [-0.25, -0.2) is 14.8 Å². The molecule has 0 spiro atoms. The van der Waals surface area contributed by atoms with E-state index in [-0.39, 0.29) is 18.0 Å². The molecule has 0 radical (unpaired) electrons. The van der Waals surface area contributed by atoms with Crippen molar-refractivity contribution in [3.63, 3.8) is 0 Å². The minimum absolute atomic E-state index is 0. The van der Waals surface area contributed by atoms with Crippen LogP contribution in [0.2, 0.25) is 0 Å². The average molecular weight is 591 g/mol. The second kappa shape index (κ2) is 11.3. The molecule has 0 unspecified atom stereocenters. The van der Waals surface area contributed by atoms with Crippen LogP contribution >= 0.6 is 11.3 Å². The highest BCUT2D eigenvalue weighted by molar-refractivity contribution is 7.25. The number of nitrogens with zero attached hydrogens (tertiary/aromatic N) is 4. The van der Waals surface area contributed by atoms with Crippen molar-refractivity contribution in [3.05, 3.63) is 81.1 Å². The minimum atomic E-state index is -0.405. The maximum absolute atomic E-state index is 13.3. The number of H-pyrrole nitrogens is 1. The van der Waals surface area contributed by atoms with E-state index in [1.807, 2.05) is 48.5 Å². The number of halogens is 1. The van der Waals surface area contributed by atoms with E-state index in [1.54, 1.807) is 13.3 Å². The van der Waals surface area contributed by atoms with Gasteiger partial charge < -0.3 is 31.8 Å². The first-order valence-corrected chi connectivity index (χ1v) is 14.4. The lowest BCUT2D eigenvalue weighted by molar-refractivity contribution is -0.00000887. The minimum Gasteiger partial charge on any atom is -1.00 e. The molecule has 1 N–H and O–H groups in total. The third-order valence-corrected chi connectivity index (χ3v) is 9.15. The Labute approximate surface area is 246 Å². The maximum atomic E-state index is 13.3. The summed E-state index contributed by atoms with van der Waals surface area (Å²) in [5, 5.41) is 0. The number of hydrogen-bond donors (Lipinski definition) is 1. The molecule has 1 saturated heterocycles. The molecule has 2 aliphatic heterocycles. The number of fused-ring (bicyclic) bond motifs is 6. The first-order valence-electron chi connectivity index (χ1n) is 13.6. The number of thiophene rings is 1. The predicted molar refractivity (Wildman–Crippen MR) is 156 cm³/mol. The molecule has 0 aliphatic carbocycles. The van der Waals surface area contributed by atoms with E-state index in [2.05, 4.69) is 14.9 Å². The number of likely N-dealkylation sites (tertiary alicyclic amines) is 1. The van der Waals surface area contributed by atoms with E-state index in [0.29, 0.717) is 44.6 Å². The van der Waals surface area contributed by atoms with E-state index in [0.717, 1.165) is 56.1 Å². The molecule has 2 aromatic carbocycles. The van der Waals surface area contributed by atoms with E-state index >= 15 is 0 Å². The van der Waals surface area contributed by atoms with Crippen LogP contribution in [-0.4, -0.2) is 57.8 Å². The SMILES string of the molecule is COc1cccc2c1[C@@H]1CN(CCCCn3c(=O)[nH]c4c(sc5ncc(-c6ccccc6)nc54)c3=O)C[C@@H]1CO2.[Cl-]. The van der Waals surface area contributed by atoms with Crippen molar-refractivity contribution in [1.82, 2.24) is 24.4 Å². The van der Waals surface area contributed by atoms with Gasteiger partial charge in [0.2, 0.25) is 0 Å². The van der Waals surface area contributed by atoms with Gasteiger partial charge in [-0.1, -0.05) is 36.4 Å². The van der Waals surface area contributed by atoms with Crippen molar-refractivity contribution < 1.29 is 21.9 Å². The van der Waals surface area contributed by atoms with E-state index in [4.69, 9.17) is 14.5 Å². The summed E-state index contributed by atoms with van der Waals surface area (Å²) in [5.41, 5.74) is 3.15. The summed E-state index contributed by atoms with van der Waals surface area (Å²) in [4.78, 5) is 41.6. The summed E-state index contributed by atoms with van der Waals surface area (Å²) in [6.45, 7) is 3.93. The number of ether oxygens (including phenoxy) is 2. The number of nitrogens with one attached hydrogen (secondary N) is 1. The number of benzene rings is 2. The van der Waals surface area contributed by atoms with Gasteiger partial charge in [0.25, 0.3) is 5.56 Å². The number of unbranched alkanes of at least 4 members (excludes halogenated alkanes) is 1. The smallest absolute Gasteiger partial charge is 0.328 e. The Bertz CT molecular complexity index is 1820. The standard InChI is InChI=1S/C30H29N5O4S.ClH/c1-38-22-10-7-11-23-24(22)20-16-34(15-19(20)17-39-23)12-5-6-13-35-29(36)27-25(33-30(35)37)26-28(40-27)31-14-21(32-26)18-8-3-2-4-9-18;/h2-4,7-11,14,19-20H,5-6,12-13,15-17H2,1H3,(H,33,37);1H/p-1/t19-,20-;/m1./s1. The lowest BCUT2D eigenvalue weighted by Gasteiger charge is -2.29. The van der Waals surface area contributed by atoms with Crippen molar-refractivity contribution in [2.45, 2.75) is 25.3 Å². The Morgan fingerprint density at radius 2 is 1.90 bits per heavy atom. The van der Waals surface area contributed by atoms with Crippen LogP contribution in [0.15, 0.2) is 64.3 Å². The maximum Gasteiger partial charge on any atom is 0.328 e. The van der Waals surface area contributed by atoms with Crippen LogP contribution in [-0.2, 0) is 6.54 Å². The second-order valence-electron chi connectivity index (χ2n) is 10.5. The number of methoxy groups -OCH3 is 1. The van der Waals surface area contributed by atoms with Gasteiger partial charge in [-0.15, -0.1) is 11.3 Å². The second-order valence-corrected chi connectivity index (χ2v) is 11.5. The number of hydrogen-bond acceptors (Lipinski definition) is 8. The van der Waals surface area contributed by atoms with Gasteiger partial charge in [0.15, 0.2) is 0 Å². The van der Waals surface area contributed by atoms with Gasteiger partial charge in [-0.05, 0) is 31.5 Å². The van der Waals surface area contributed by atoms with Crippen molar-refractivity contribution in [2.75, 3.05) is 33.4 Å². The van der Waals surface area contributed by atoms with Gasteiger partial charge in [0.1, 0.15) is 26.5 Å². The molecule has 1 fully saturated rings. The van der Waals surface area contributed by atoms with Gasteiger partial charge in [-0.3, -0.25) is 9.36 Å². The van der Waals surface area contributed by atoms with Crippen molar-refractivity contribution >= 4 is 31.9 Å². The number of rotatable bonds is 7. The van der Waals surface area contributed by atoms with Crippen molar-refractivity contribution in [2.24, 2.45) is 5.92 Å². The molecule has 11 heteroatoms. The van der Waals surface area contributed by atoms with Crippen LogP contribution in [0.25, 0.3) is 31.8 Å². The van der Waals surface area contributed by atoms with Crippen LogP contribution < -0.4 is 33.1 Å². The van der Waals surface area contributed by atoms with Gasteiger partial charge in [-0.2, -0.15) is 0 Å². The topological polar surface area (TPSA) is 102 Å². The van der Waals surface area contributed by atoms with Crippen molar-refractivity contribution in [3.8, 4) is 22.8 Å². The summed E-state index contributed by atoms with van der Waals surface area (Å²) in [5.74, 6) is 2.66. The zero-order valence-corrected chi connectivity index (χ0v) is 24.1. The molecule has 0 amide bonds. The summed E-state index contributed by atoms with van der Waals surface area (Å²) in [7, 11) is 1.71. The van der Waals surface area contributed by atoms with E-state index < -0.39 is 5.69 Å². The summed E-state index contributed by atoms with van der Waals surface area (Å²) >= 11 is 1.28. The molecule has 9 nitrogen and oxygen atoms in total. The Morgan fingerprint density at radius 1 is 1.07 bits per heavy atom. The average Bonchev–Trinajstić information content (AvgIpc) is 3.58. The largest absolute Gasteiger partial charge is 1.00 e. The van der Waals surface area contributed by atoms with Gasteiger partial charge >= 0.3 is 5.69 Å². The monoisotopic (exact) mass is 590 g/mol. The molecule has 41 heavy (non-hydrogen) atoms. The quantitative estimate of drug-likeness (QED) is 0.285. The van der Waals surface area contributed by atoms with Gasteiger partial charge in [0, 0.05) is 42.6 Å². The fraction of sp³-hybridized carbons (Fsp3) is 0.333. The molecule has 2 atom stereocenters. The van der Waals surface area contributed by atoms with Gasteiger partial charge in [0.05, 0.1) is 31.1 Å². The Balaban J connectivity index is 0.00000302. The Morgan fingerprint density at radius 3 is 2.73 bits per heavy atom. The molecule has 3 aromatic heterocycles. The van der Waals surface area contributed by atoms with Crippen LogP contribution in [0.5, 0.6) is 11.5 Å². The highest BCUT2D eigenvalue weighted by Gasteiger charge is 2.40. The Kier molecular flexibility index (Phi) is 7.54. The predicted octanol–water partition coefficient (Wildman–Crippen LogP) is 1.26. The highest BCUT2D eigenvalue weighted by Crippen LogP contribution is 2.46. The molecule has 212 valence electrons. The zero-order chi connectivity index (χ0) is 27.2. The van der Waals surface area contributed by atoms with Crippen molar-refractivity contribution in [1.29, 1.82) is 0 Å². The first-order chi connectivity index (χ1) is 19.6. The molecule has 0 saturated carbocycles. The molecular weight excluding hydrogens is 562 g/mol. The molecule has 5 heterocycles. The summed E-state index contributed by atoms with van der Waals surface area (Å²) < 4.78 is 13.5. The van der Waals surface area contributed by atoms with E-state index in [1.165, 1.54) is 21.5 Å². The zero-order valence-electron chi connectivity index (χ0n) is 22.5. The third kappa shape index (κ3) is 4.90.